The lowest BCUT2D eigenvalue weighted by molar-refractivity contribution is 0.0422. The van der Waals surface area contributed by atoms with Gasteiger partial charge in [-0.25, -0.2) is 9.59 Å². The van der Waals surface area contributed by atoms with Gasteiger partial charge in [0.1, 0.15) is 6.61 Å². The van der Waals surface area contributed by atoms with E-state index in [1.165, 1.54) is 6.07 Å². The van der Waals surface area contributed by atoms with Crippen LogP contribution in [-0.2, 0) is 16.1 Å². The molecule has 0 spiro atoms. The molecule has 0 N–H and O–H groups in total. The quantitative estimate of drug-likeness (QED) is 0.778. The lowest BCUT2D eigenvalue weighted by atomic mass is 10.2. The van der Waals surface area contributed by atoms with E-state index in [0.717, 1.165) is 5.56 Å². The molecule has 0 atom stereocenters. The third-order valence-electron chi connectivity index (χ3n) is 2.41. The number of nitrogens with zero attached hydrogens (tertiary/aromatic N) is 1. The third kappa shape index (κ3) is 3.44. The fourth-order valence-corrected chi connectivity index (χ4v) is 1.47. The van der Waals surface area contributed by atoms with Crippen LogP contribution >= 0.6 is 0 Å². The number of benzene rings is 1. The molecule has 2 aromatic rings. The van der Waals surface area contributed by atoms with E-state index >= 15 is 0 Å². The minimum absolute atomic E-state index is 0.0569. The topological polar surface area (TPSA) is 78.6 Å². The van der Waals surface area contributed by atoms with Crippen LogP contribution in [0, 0.1) is 0 Å². The molecule has 20 heavy (non-hydrogen) atoms. The Hall–Kier alpha value is -2.63. The third-order valence-corrected chi connectivity index (χ3v) is 2.41. The van der Waals surface area contributed by atoms with Crippen LogP contribution in [0.15, 0.2) is 40.9 Å². The molecule has 1 aromatic carbocycles. The molecule has 0 aliphatic heterocycles. The summed E-state index contributed by atoms with van der Waals surface area (Å²) in [7, 11) is 0. The second kappa shape index (κ2) is 6.51. The van der Waals surface area contributed by atoms with E-state index in [-0.39, 0.29) is 24.7 Å². The van der Waals surface area contributed by atoms with Crippen LogP contribution in [0.25, 0.3) is 0 Å². The Morgan fingerprint density at radius 3 is 2.60 bits per heavy atom. The van der Waals surface area contributed by atoms with Gasteiger partial charge in [-0.3, -0.25) is 0 Å². The van der Waals surface area contributed by atoms with Crippen LogP contribution in [0.4, 0.5) is 0 Å². The number of hydrogen-bond acceptors (Lipinski definition) is 6. The van der Waals surface area contributed by atoms with Crippen molar-refractivity contribution in [1.82, 2.24) is 5.16 Å². The zero-order valence-electron chi connectivity index (χ0n) is 10.9. The molecule has 6 heteroatoms. The predicted molar refractivity (Wildman–Crippen MR) is 68.0 cm³/mol. The van der Waals surface area contributed by atoms with Gasteiger partial charge in [0.15, 0.2) is 5.69 Å². The normalized spacial score (nSPS) is 10.1. The van der Waals surface area contributed by atoms with Crippen molar-refractivity contribution in [3.63, 3.8) is 0 Å². The highest BCUT2D eigenvalue weighted by atomic mass is 16.6. The highest BCUT2D eigenvalue weighted by molar-refractivity contribution is 5.92. The van der Waals surface area contributed by atoms with Crippen molar-refractivity contribution >= 4 is 11.9 Å². The van der Waals surface area contributed by atoms with Gasteiger partial charge in [-0.2, -0.15) is 0 Å². The van der Waals surface area contributed by atoms with Crippen LogP contribution in [0.1, 0.15) is 33.5 Å². The zero-order chi connectivity index (χ0) is 14.4. The maximum atomic E-state index is 11.7. The van der Waals surface area contributed by atoms with Gasteiger partial charge in [0.05, 0.1) is 6.61 Å². The van der Waals surface area contributed by atoms with Crippen molar-refractivity contribution < 1.29 is 23.6 Å². The number of rotatable bonds is 5. The minimum atomic E-state index is -0.683. The van der Waals surface area contributed by atoms with Gasteiger partial charge in [-0.1, -0.05) is 35.5 Å². The summed E-state index contributed by atoms with van der Waals surface area (Å²) in [5.41, 5.74) is 0.796. The molecule has 0 saturated carbocycles. The summed E-state index contributed by atoms with van der Waals surface area (Å²) >= 11 is 0. The first-order valence-electron chi connectivity index (χ1n) is 6.05. The van der Waals surface area contributed by atoms with Crippen LogP contribution in [-0.4, -0.2) is 23.7 Å². The first-order valence-corrected chi connectivity index (χ1v) is 6.05. The number of aromatic nitrogens is 1. The van der Waals surface area contributed by atoms with Gasteiger partial charge < -0.3 is 14.0 Å². The van der Waals surface area contributed by atoms with E-state index < -0.39 is 11.9 Å². The smallest absolute Gasteiger partial charge is 0.377 e. The molecular weight excluding hydrogens is 262 g/mol. The largest absolute Gasteiger partial charge is 0.461 e. The van der Waals surface area contributed by atoms with E-state index in [1.54, 1.807) is 6.92 Å². The summed E-state index contributed by atoms with van der Waals surface area (Å²) in [6.45, 7) is 2.02. The SMILES string of the molecule is CCOC(=O)c1cc(C(=O)OCc2ccccc2)on1. The Bertz CT molecular complexity index is 591. The molecule has 0 aliphatic rings. The minimum Gasteiger partial charge on any atom is -0.461 e. The summed E-state index contributed by atoms with van der Waals surface area (Å²) in [6.07, 6.45) is 0. The van der Waals surface area contributed by atoms with E-state index in [0.29, 0.717) is 0 Å². The highest BCUT2D eigenvalue weighted by Gasteiger charge is 2.19. The molecule has 104 valence electrons. The Balaban J connectivity index is 1.94. The molecule has 0 saturated heterocycles. The Kier molecular flexibility index (Phi) is 4.49. The van der Waals surface area contributed by atoms with E-state index in [9.17, 15) is 9.59 Å². The fraction of sp³-hybridized carbons (Fsp3) is 0.214. The molecule has 0 amide bonds. The number of carbonyl (C=O) groups excluding carboxylic acids is 2. The molecular formula is C14H13NO5. The van der Waals surface area contributed by atoms with E-state index in [2.05, 4.69) is 5.16 Å². The number of esters is 2. The van der Waals surface area contributed by atoms with Crippen molar-refractivity contribution in [1.29, 1.82) is 0 Å². The maximum absolute atomic E-state index is 11.7. The van der Waals surface area contributed by atoms with Gasteiger partial charge in [-0.05, 0) is 12.5 Å². The Labute approximate surface area is 115 Å². The molecule has 6 nitrogen and oxygen atoms in total. The molecule has 0 aliphatic carbocycles. The van der Waals surface area contributed by atoms with Crippen molar-refractivity contribution in [3.8, 4) is 0 Å². The summed E-state index contributed by atoms with van der Waals surface area (Å²) in [4.78, 5) is 23.1. The van der Waals surface area contributed by atoms with Gasteiger partial charge in [0, 0.05) is 6.07 Å². The fourth-order valence-electron chi connectivity index (χ4n) is 1.47. The average molecular weight is 275 g/mol. The van der Waals surface area contributed by atoms with Gasteiger partial charge in [-0.15, -0.1) is 0 Å². The van der Waals surface area contributed by atoms with Crippen LogP contribution in [0.5, 0.6) is 0 Å². The van der Waals surface area contributed by atoms with Crippen molar-refractivity contribution in [2.75, 3.05) is 6.61 Å². The molecule has 1 heterocycles. The Morgan fingerprint density at radius 2 is 1.90 bits per heavy atom. The molecule has 0 radical (unpaired) electrons. The molecule has 1 aromatic heterocycles. The predicted octanol–water partition coefficient (Wildman–Crippen LogP) is 2.21. The van der Waals surface area contributed by atoms with Gasteiger partial charge >= 0.3 is 11.9 Å². The summed E-state index contributed by atoms with van der Waals surface area (Å²) in [5, 5.41) is 3.46. The summed E-state index contributed by atoms with van der Waals surface area (Å²) in [6, 6.07) is 10.4. The first kappa shape index (κ1) is 13.8. The van der Waals surface area contributed by atoms with E-state index in [1.807, 2.05) is 30.3 Å². The lowest BCUT2D eigenvalue weighted by Gasteiger charge is -2.01. The van der Waals surface area contributed by atoms with Crippen LogP contribution < -0.4 is 0 Å². The standard InChI is InChI=1S/C14H13NO5/c1-2-18-13(16)11-8-12(20-15-11)14(17)19-9-10-6-4-3-5-7-10/h3-8H,2,9H2,1H3. The molecule has 0 bridgehead atoms. The van der Waals surface area contributed by atoms with Crippen molar-refractivity contribution in [2.45, 2.75) is 13.5 Å². The second-order valence-corrected chi connectivity index (χ2v) is 3.86. The first-order chi connectivity index (χ1) is 9.70. The summed E-state index contributed by atoms with van der Waals surface area (Å²) in [5.74, 6) is -1.46. The molecule has 0 unspecified atom stereocenters. The van der Waals surface area contributed by atoms with Crippen LogP contribution in [0.3, 0.4) is 0 Å². The van der Waals surface area contributed by atoms with Crippen molar-refractivity contribution in [2.24, 2.45) is 0 Å². The average Bonchev–Trinajstić information content (AvgIpc) is 2.96. The van der Waals surface area contributed by atoms with E-state index in [4.69, 9.17) is 14.0 Å². The summed E-state index contributed by atoms with van der Waals surface area (Å²) < 4.78 is 14.5. The number of hydrogen-bond donors (Lipinski definition) is 0. The molecule has 0 fully saturated rings. The van der Waals surface area contributed by atoms with Gasteiger partial charge in [0.25, 0.3) is 0 Å². The second-order valence-electron chi connectivity index (χ2n) is 3.86. The Morgan fingerprint density at radius 1 is 1.15 bits per heavy atom. The number of carbonyl (C=O) groups is 2. The molecule has 2 rings (SSSR count). The van der Waals surface area contributed by atoms with Crippen LogP contribution in [0.2, 0.25) is 0 Å². The lowest BCUT2D eigenvalue weighted by Crippen LogP contribution is -2.05. The van der Waals surface area contributed by atoms with Gasteiger partial charge in [0.2, 0.25) is 5.76 Å². The zero-order valence-corrected chi connectivity index (χ0v) is 10.9. The highest BCUT2D eigenvalue weighted by Crippen LogP contribution is 2.09. The van der Waals surface area contributed by atoms with Crippen molar-refractivity contribution in [3.05, 3.63) is 53.4 Å². The number of ether oxygens (including phenoxy) is 2. The maximum Gasteiger partial charge on any atom is 0.377 e. The monoisotopic (exact) mass is 275 g/mol.